The van der Waals surface area contributed by atoms with Gasteiger partial charge in [-0.05, 0) is 74.1 Å². The third-order valence-corrected chi connectivity index (χ3v) is 7.03. The van der Waals surface area contributed by atoms with E-state index in [0.29, 0.717) is 18.0 Å². The van der Waals surface area contributed by atoms with Gasteiger partial charge in [0.2, 0.25) is 5.91 Å². The maximum atomic E-state index is 12.8. The fourth-order valence-corrected chi connectivity index (χ4v) is 4.92. The molecule has 8 nitrogen and oxygen atoms in total. The van der Waals surface area contributed by atoms with Crippen LogP contribution in [0.4, 0.5) is 11.5 Å². The second kappa shape index (κ2) is 10.2. The molecule has 2 amide bonds. The summed E-state index contributed by atoms with van der Waals surface area (Å²) in [4.78, 5) is 33.8. The number of carbonyl (C=O) groups is 2. The summed E-state index contributed by atoms with van der Waals surface area (Å²) in [7, 11) is 0. The molecule has 1 aromatic carbocycles. The Hall–Kier alpha value is -3.81. The summed E-state index contributed by atoms with van der Waals surface area (Å²) >= 11 is 0. The van der Waals surface area contributed by atoms with E-state index in [4.69, 9.17) is 0 Å². The largest absolute Gasteiger partial charge is 0.354 e. The Bertz CT molecular complexity index is 1160. The Morgan fingerprint density at radius 2 is 1.77 bits per heavy atom. The summed E-state index contributed by atoms with van der Waals surface area (Å²) in [5, 5.41) is 11.1. The summed E-state index contributed by atoms with van der Waals surface area (Å²) in [6.45, 7) is 4.84. The van der Waals surface area contributed by atoms with Crippen LogP contribution in [0.3, 0.4) is 0 Å². The molecule has 4 heterocycles. The van der Waals surface area contributed by atoms with Crippen molar-refractivity contribution in [1.82, 2.24) is 20.1 Å². The molecule has 180 valence electrons. The predicted octanol–water partition coefficient (Wildman–Crippen LogP) is 3.66. The smallest absolute Gasteiger partial charge is 0.255 e. The molecule has 0 spiro atoms. The van der Waals surface area contributed by atoms with Gasteiger partial charge in [-0.15, -0.1) is 5.10 Å². The van der Waals surface area contributed by atoms with E-state index in [1.165, 1.54) is 5.56 Å². The van der Waals surface area contributed by atoms with Gasteiger partial charge in [-0.25, -0.2) is 0 Å². The van der Waals surface area contributed by atoms with Gasteiger partial charge < -0.3 is 15.1 Å². The van der Waals surface area contributed by atoms with Crippen LogP contribution in [0.2, 0.25) is 0 Å². The first-order valence-electron chi connectivity index (χ1n) is 12.2. The molecule has 0 bridgehead atoms. The van der Waals surface area contributed by atoms with Crippen molar-refractivity contribution >= 4 is 23.3 Å². The van der Waals surface area contributed by atoms with Crippen molar-refractivity contribution in [3.05, 3.63) is 77.7 Å². The zero-order chi connectivity index (χ0) is 24.2. The first-order chi connectivity index (χ1) is 17.1. The standard InChI is InChI=1S/C27H30N6O2/c1-19-4-5-22(17-28-19)27(35)32-14-10-21(11-15-32)20-6-8-24(9-7-20)30-26(34)23-12-16-33(18-23)25-3-2-13-29-31-25/h2-9,13,17,21,23H,10-12,14-16,18H2,1H3,(H,30,34). The number of rotatable bonds is 5. The highest BCUT2D eigenvalue weighted by Crippen LogP contribution is 2.30. The van der Waals surface area contributed by atoms with Crippen molar-refractivity contribution in [2.24, 2.45) is 5.92 Å². The molecular weight excluding hydrogens is 440 g/mol. The SMILES string of the molecule is Cc1ccc(C(=O)N2CCC(c3ccc(NC(=O)C4CCN(c5cccnn5)C4)cc3)CC2)cn1. The van der Waals surface area contributed by atoms with Crippen molar-refractivity contribution < 1.29 is 9.59 Å². The number of pyridine rings is 1. The number of likely N-dealkylation sites (tertiary alicyclic amines) is 1. The first-order valence-corrected chi connectivity index (χ1v) is 12.2. The molecule has 2 aliphatic heterocycles. The maximum absolute atomic E-state index is 12.8. The summed E-state index contributed by atoms with van der Waals surface area (Å²) in [6.07, 6.45) is 5.97. The van der Waals surface area contributed by atoms with Crippen LogP contribution in [0, 0.1) is 12.8 Å². The van der Waals surface area contributed by atoms with Crippen LogP contribution in [0.5, 0.6) is 0 Å². The molecule has 2 fully saturated rings. The van der Waals surface area contributed by atoms with Crippen LogP contribution in [-0.2, 0) is 4.79 Å². The van der Waals surface area contributed by atoms with Gasteiger partial charge in [0.1, 0.15) is 0 Å². The van der Waals surface area contributed by atoms with E-state index in [1.54, 1.807) is 12.4 Å². The zero-order valence-corrected chi connectivity index (χ0v) is 19.9. The Balaban J connectivity index is 1.12. The minimum Gasteiger partial charge on any atom is -0.354 e. The van der Waals surface area contributed by atoms with Crippen molar-refractivity contribution in [2.75, 3.05) is 36.4 Å². The Morgan fingerprint density at radius 3 is 2.46 bits per heavy atom. The van der Waals surface area contributed by atoms with Crippen LogP contribution in [0.25, 0.3) is 0 Å². The molecule has 0 radical (unpaired) electrons. The average Bonchev–Trinajstić information content (AvgIpc) is 3.41. The molecule has 5 rings (SSSR count). The summed E-state index contributed by atoms with van der Waals surface area (Å²) in [5.41, 5.74) is 3.63. The quantitative estimate of drug-likeness (QED) is 0.612. The number of hydrogen-bond acceptors (Lipinski definition) is 6. The van der Waals surface area contributed by atoms with Crippen molar-refractivity contribution in [1.29, 1.82) is 0 Å². The summed E-state index contributed by atoms with van der Waals surface area (Å²) < 4.78 is 0. The van der Waals surface area contributed by atoms with Crippen molar-refractivity contribution in [3.63, 3.8) is 0 Å². The molecule has 3 aromatic rings. The summed E-state index contributed by atoms with van der Waals surface area (Å²) in [5.74, 6) is 1.26. The van der Waals surface area contributed by atoms with Gasteiger partial charge in [0, 0.05) is 50.0 Å². The third kappa shape index (κ3) is 5.31. The Morgan fingerprint density at radius 1 is 0.971 bits per heavy atom. The fraction of sp³-hybridized carbons (Fsp3) is 0.370. The highest BCUT2D eigenvalue weighted by molar-refractivity contribution is 5.94. The molecule has 35 heavy (non-hydrogen) atoms. The van der Waals surface area contributed by atoms with Crippen LogP contribution < -0.4 is 10.2 Å². The number of aromatic nitrogens is 3. The van der Waals surface area contributed by atoms with E-state index in [9.17, 15) is 9.59 Å². The van der Waals surface area contributed by atoms with Gasteiger partial charge in [-0.2, -0.15) is 5.10 Å². The van der Waals surface area contributed by atoms with E-state index in [1.807, 2.05) is 48.2 Å². The Labute approximate surface area is 205 Å². The lowest BCUT2D eigenvalue weighted by atomic mass is 9.89. The molecule has 2 aromatic heterocycles. The number of nitrogens with zero attached hydrogens (tertiary/aromatic N) is 5. The number of benzene rings is 1. The average molecular weight is 471 g/mol. The number of nitrogens with one attached hydrogen (secondary N) is 1. The Kier molecular flexibility index (Phi) is 6.70. The molecule has 1 unspecified atom stereocenters. The van der Waals surface area contributed by atoms with Gasteiger partial charge in [-0.1, -0.05) is 12.1 Å². The van der Waals surface area contributed by atoms with E-state index in [2.05, 4.69) is 37.5 Å². The molecule has 0 aliphatic carbocycles. The second-order valence-electron chi connectivity index (χ2n) is 9.38. The molecule has 0 saturated carbocycles. The lowest BCUT2D eigenvalue weighted by molar-refractivity contribution is -0.119. The predicted molar refractivity (Wildman–Crippen MR) is 134 cm³/mol. The van der Waals surface area contributed by atoms with Crippen LogP contribution in [0.15, 0.2) is 60.9 Å². The van der Waals surface area contributed by atoms with Gasteiger partial charge in [0.15, 0.2) is 5.82 Å². The van der Waals surface area contributed by atoms with Crippen molar-refractivity contribution in [3.8, 4) is 0 Å². The number of carbonyl (C=O) groups excluding carboxylic acids is 2. The van der Waals surface area contributed by atoms with E-state index >= 15 is 0 Å². The van der Waals surface area contributed by atoms with Crippen LogP contribution in [0.1, 0.15) is 46.8 Å². The lowest BCUT2D eigenvalue weighted by Crippen LogP contribution is -2.38. The highest BCUT2D eigenvalue weighted by Gasteiger charge is 2.29. The minimum atomic E-state index is -0.0673. The van der Waals surface area contributed by atoms with Gasteiger partial charge in [0.25, 0.3) is 5.91 Å². The van der Waals surface area contributed by atoms with Crippen LogP contribution >= 0.6 is 0 Å². The lowest BCUT2D eigenvalue weighted by Gasteiger charge is -2.32. The van der Waals surface area contributed by atoms with Gasteiger partial charge in [-0.3, -0.25) is 14.6 Å². The highest BCUT2D eigenvalue weighted by atomic mass is 16.2. The third-order valence-electron chi connectivity index (χ3n) is 7.03. The number of hydrogen-bond donors (Lipinski definition) is 1. The number of piperidine rings is 1. The topological polar surface area (TPSA) is 91.3 Å². The monoisotopic (exact) mass is 470 g/mol. The number of aryl methyl sites for hydroxylation is 1. The molecular formula is C27H30N6O2. The molecule has 2 aliphatic rings. The molecule has 1 atom stereocenters. The molecule has 8 heteroatoms. The fourth-order valence-electron chi connectivity index (χ4n) is 4.92. The second-order valence-corrected chi connectivity index (χ2v) is 9.38. The number of anilines is 2. The first kappa shape index (κ1) is 23.0. The minimum absolute atomic E-state index is 0.0431. The van der Waals surface area contributed by atoms with E-state index in [-0.39, 0.29) is 17.7 Å². The summed E-state index contributed by atoms with van der Waals surface area (Å²) in [6, 6.07) is 15.7. The van der Waals surface area contributed by atoms with Crippen LogP contribution in [-0.4, -0.2) is 58.1 Å². The zero-order valence-electron chi connectivity index (χ0n) is 19.9. The van der Waals surface area contributed by atoms with Gasteiger partial charge in [0.05, 0.1) is 11.5 Å². The number of amides is 2. The normalized spacial score (nSPS) is 18.5. The van der Waals surface area contributed by atoms with E-state index in [0.717, 1.165) is 56.1 Å². The molecule has 1 N–H and O–H groups in total. The van der Waals surface area contributed by atoms with Crippen molar-refractivity contribution in [2.45, 2.75) is 32.1 Å². The van der Waals surface area contributed by atoms with Gasteiger partial charge >= 0.3 is 0 Å². The van der Waals surface area contributed by atoms with E-state index < -0.39 is 0 Å². The molecule has 2 saturated heterocycles. The maximum Gasteiger partial charge on any atom is 0.255 e.